The maximum Gasteiger partial charge on any atom is 0.252 e. The first kappa shape index (κ1) is 20.1. The number of rotatable bonds is 8. The number of carbonyl (C=O) groups excluding carboxylic acids is 2. The second kappa shape index (κ2) is 10.0. The Hall–Kier alpha value is -3.67. The Balaban J connectivity index is 1.62. The van der Waals surface area contributed by atoms with Crippen molar-refractivity contribution in [1.82, 2.24) is 10.7 Å². The number of furan rings is 1. The molecule has 0 bridgehead atoms. The molecule has 0 saturated heterocycles. The fourth-order valence-corrected chi connectivity index (χ4v) is 2.93. The summed E-state index contributed by atoms with van der Waals surface area (Å²) in [5, 5.41) is 6.87. The van der Waals surface area contributed by atoms with Gasteiger partial charge in [0.2, 0.25) is 5.91 Å². The van der Waals surface area contributed by atoms with E-state index < -0.39 is 5.92 Å². The monoisotopic (exact) mass is 389 g/mol. The minimum absolute atomic E-state index is 0.0856. The van der Waals surface area contributed by atoms with Crippen LogP contribution in [-0.2, 0) is 16.1 Å². The summed E-state index contributed by atoms with van der Waals surface area (Å²) >= 11 is 0. The first-order valence-corrected chi connectivity index (χ1v) is 9.35. The van der Waals surface area contributed by atoms with Crippen LogP contribution >= 0.6 is 0 Å². The zero-order chi connectivity index (χ0) is 20.5. The number of hydrogen-bond donors (Lipinski definition) is 2. The standard InChI is InChI=1S/C23H23N3O3/c1-17(15-21(27)24-16-20-13-8-14-29-20)25-26-23(28)22(18-9-4-2-5-10-18)19-11-6-3-7-12-19/h2-14,22H,15-16H2,1H3,(H,24,27)(H,26,28)/b25-17-. The molecule has 1 heterocycles. The minimum Gasteiger partial charge on any atom is -0.467 e. The fourth-order valence-electron chi connectivity index (χ4n) is 2.93. The van der Waals surface area contributed by atoms with E-state index in [1.54, 1.807) is 25.3 Å². The molecule has 2 N–H and O–H groups in total. The average molecular weight is 389 g/mol. The van der Waals surface area contributed by atoms with Gasteiger partial charge >= 0.3 is 0 Å². The number of carbonyl (C=O) groups is 2. The molecule has 6 nitrogen and oxygen atoms in total. The Morgan fingerprint density at radius 1 is 0.931 bits per heavy atom. The zero-order valence-corrected chi connectivity index (χ0v) is 16.2. The summed E-state index contributed by atoms with van der Waals surface area (Å²) in [7, 11) is 0. The third-order valence-electron chi connectivity index (χ3n) is 4.34. The second-order valence-corrected chi connectivity index (χ2v) is 6.61. The molecule has 2 amide bonds. The van der Waals surface area contributed by atoms with Crippen molar-refractivity contribution >= 4 is 17.5 Å². The molecule has 1 aromatic heterocycles. The van der Waals surface area contributed by atoms with Crippen LogP contribution in [-0.4, -0.2) is 17.5 Å². The van der Waals surface area contributed by atoms with Crippen LogP contribution in [0.2, 0.25) is 0 Å². The number of amides is 2. The van der Waals surface area contributed by atoms with E-state index in [-0.39, 0.29) is 18.2 Å². The van der Waals surface area contributed by atoms with Gasteiger partial charge in [0.1, 0.15) is 5.76 Å². The van der Waals surface area contributed by atoms with Crippen molar-refractivity contribution in [2.24, 2.45) is 5.10 Å². The van der Waals surface area contributed by atoms with E-state index in [1.165, 1.54) is 0 Å². The van der Waals surface area contributed by atoms with E-state index in [0.717, 1.165) is 11.1 Å². The maximum atomic E-state index is 12.9. The van der Waals surface area contributed by atoms with Crippen LogP contribution in [0.25, 0.3) is 0 Å². The molecule has 0 fully saturated rings. The SMILES string of the molecule is C/C(CC(=O)NCc1ccco1)=N/NC(=O)C(c1ccccc1)c1ccccc1. The van der Waals surface area contributed by atoms with E-state index in [0.29, 0.717) is 18.0 Å². The topological polar surface area (TPSA) is 83.7 Å². The summed E-state index contributed by atoms with van der Waals surface area (Å²) in [6.07, 6.45) is 1.64. The van der Waals surface area contributed by atoms with Crippen LogP contribution in [0.3, 0.4) is 0 Å². The van der Waals surface area contributed by atoms with Crippen molar-refractivity contribution in [3.63, 3.8) is 0 Å². The summed E-state index contributed by atoms with van der Waals surface area (Å²) in [5.74, 6) is -0.256. The zero-order valence-electron chi connectivity index (χ0n) is 16.2. The highest BCUT2D eigenvalue weighted by molar-refractivity contribution is 6.00. The van der Waals surface area contributed by atoms with E-state index in [1.807, 2.05) is 60.7 Å². The molecule has 0 atom stereocenters. The molecular formula is C23H23N3O3. The lowest BCUT2D eigenvalue weighted by Crippen LogP contribution is -2.28. The summed E-state index contributed by atoms with van der Waals surface area (Å²) in [5.41, 5.74) is 4.86. The highest BCUT2D eigenvalue weighted by Gasteiger charge is 2.22. The fraction of sp³-hybridized carbons (Fsp3) is 0.174. The number of nitrogens with zero attached hydrogens (tertiary/aromatic N) is 1. The molecule has 0 aliphatic heterocycles. The number of nitrogens with one attached hydrogen (secondary N) is 2. The van der Waals surface area contributed by atoms with Gasteiger partial charge in [0.05, 0.1) is 25.1 Å². The molecule has 6 heteroatoms. The Morgan fingerprint density at radius 2 is 1.55 bits per heavy atom. The molecule has 0 unspecified atom stereocenters. The molecular weight excluding hydrogens is 366 g/mol. The van der Waals surface area contributed by atoms with Crippen LogP contribution in [0.5, 0.6) is 0 Å². The lowest BCUT2D eigenvalue weighted by Gasteiger charge is -2.16. The quantitative estimate of drug-likeness (QED) is 0.456. The van der Waals surface area contributed by atoms with Gasteiger partial charge in [0.15, 0.2) is 0 Å². The summed E-state index contributed by atoms with van der Waals surface area (Å²) < 4.78 is 5.18. The number of hydrogen-bond acceptors (Lipinski definition) is 4. The van der Waals surface area contributed by atoms with Crippen LogP contribution in [0, 0.1) is 0 Å². The molecule has 0 aliphatic rings. The Labute approximate surface area is 169 Å². The lowest BCUT2D eigenvalue weighted by molar-refractivity contribution is -0.122. The predicted octanol–water partition coefficient (Wildman–Crippen LogP) is 3.61. The molecule has 2 aromatic carbocycles. The van der Waals surface area contributed by atoms with Gasteiger partial charge < -0.3 is 9.73 Å². The van der Waals surface area contributed by atoms with E-state index in [2.05, 4.69) is 15.8 Å². The van der Waals surface area contributed by atoms with Gasteiger partial charge in [0, 0.05) is 5.71 Å². The van der Waals surface area contributed by atoms with Gasteiger partial charge in [-0.2, -0.15) is 5.10 Å². The normalized spacial score (nSPS) is 11.3. The Kier molecular flexibility index (Phi) is 6.95. The van der Waals surface area contributed by atoms with Gasteiger partial charge in [-0.1, -0.05) is 60.7 Å². The average Bonchev–Trinajstić information content (AvgIpc) is 3.26. The van der Waals surface area contributed by atoms with Crippen molar-refractivity contribution in [1.29, 1.82) is 0 Å². The molecule has 0 saturated carbocycles. The van der Waals surface area contributed by atoms with Gasteiger partial charge in [-0.3, -0.25) is 9.59 Å². The molecule has 3 aromatic rings. The van der Waals surface area contributed by atoms with E-state index >= 15 is 0 Å². The second-order valence-electron chi connectivity index (χ2n) is 6.61. The first-order valence-electron chi connectivity index (χ1n) is 9.35. The Morgan fingerprint density at radius 3 is 2.10 bits per heavy atom. The van der Waals surface area contributed by atoms with Gasteiger partial charge in [-0.05, 0) is 30.2 Å². The van der Waals surface area contributed by atoms with Gasteiger partial charge in [-0.15, -0.1) is 0 Å². The first-order chi connectivity index (χ1) is 14.1. The van der Waals surface area contributed by atoms with Gasteiger partial charge in [0.25, 0.3) is 5.91 Å². The van der Waals surface area contributed by atoms with Crippen LogP contribution < -0.4 is 10.7 Å². The molecule has 0 radical (unpaired) electrons. The van der Waals surface area contributed by atoms with Crippen molar-refractivity contribution in [2.45, 2.75) is 25.8 Å². The van der Waals surface area contributed by atoms with Gasteiger partial charge in [-0.25, -0.2) is 5.43 Å². The van der Waals surface area contributed by atoms with Crippen molar-refractivity contribution < 1.29 is 14.0 Å². The predicted molar refractivity (Wildman–Crippen MR) is 111 cm³/mol. The lowest BCUT2D eigenvalue weighted by atomic mass is 9.91. The largest absolute Gasteiger partial charge is 0.467 e. The number of benzene rings is 2. The third kappa shape index (κ3) is 5.90. The maximum absolute atomic E-state index is 12.9. The van der Waals surface area contributed by atoms with Crippen LogP contribution in [0.1, 0.15) is 36.1 Å². The molecule has 148 valence electrons. The molecule has 0 aliphatic carbocycles. The minimum atomic E-state index is -0.485. The van der Waals surface area contributed by atoms with Crippen molar-refractivity contribution in [2.75, 3.05) is 0 Å². The highest BCUT2D eigenvalue weighted by Crippen LogP contribution is 2.24. The summed E-state index contributed by atoms with van der Waals surface area (Å²) in [6.45, 7) is 2.02. The molecule has 0 spiro atoms. The van der Waals surface area contributed by atoms with Crippen LogP contribution in [0.4, 0.5) is 0 Å². The smallest absolute Gasteiger partial charge is 0.252 e. The Bertz CT molecular complexity index is 912. The summed E-state index contributed by atoms with van der Waals surface area (Å²) in [6, 6.07) is 22.6. The highest BCUT2D eigenvalue weighted by atomic mass is 16.3. The van der Waals surface area contributed by atoms with Crippen molar-refractivity contribution in [3.05, 3.63) is 95.9 Å². The third-order valence-corrected chi connectivity index (χ3v) is 4.34. The van der Waals surface area contributed by atoms with E-state index in [4.69, 9.17) is 4.42 Å². The van der Waals surface area contributed by atoms with Crippen molar-refractivity contribution in [3.8, 4) is 0 Å². The van der Waals surface area contributed by atoms with Crippen LogP contribution in [0.15, 0.2) is 88.6 Å². The number of hydrazone groups is 1. The molecule has 29 heavy (non-hydrogen) atoms. The van der Waals surface area contributed by atoms with E-state index in [9.17, 15) is 9.59 Å². The summed E-state index contributed by atoms with van der Waals surface area (Å²) in [4.78, 5) is 24.9. The molecule has 3 rings (SSSR count).